The molecular weight excluding hydrogens is 222 g/mol. The van der Waals surface area contributed by atoms with E-state index in [1.807, 2.05) is 6.07 Å². The van der Waals surface area contributed by atoms with Gasteiger partial charge in [0, 0.05) is 6.04 Å². The number of methoxy groups -OCH3 is 1. The quantitative estimate of drug-likeness (QED) is 0.759. The van der Waals surface area contributed by atoms with Crippen LogP contribution in [0.3, 0.4) is 0 Å². The first-order chi connectivity index (χ1) is 8.65. The topological polar surface area (TPSA) is 21.3 Å². The molecule has 0 aliphatic rings. The van der Waals surface area contributed by atoms with Crippen LogP contribution in [-0.4, -0.2) is 20.2 Å². The van der Waals surface area contributed by atoms with Crippen molar-refractivity contribution in [1.82, 2.24) is 5.32 Å². The molecule has 0 heterocycles. The Labute approximate surface area is 112 Å². The third-order valence-electron chi connectivity index (χ3n) is 3.36. The maximum atomic E-state index is 5.26. The van der Waals surface area contributed by atoms with Crippen molar-refractivity contribution in [3.63, 3.8) is 0 Å². The van der Waals surface area contributed by atoms with Gasteiger partial charge in [-0.3, -0.25) is 0 Å². The Kier molecular flexibility index (Phi) is 6.81. The van der Waals surface area contributed by atoms with E-state index in [1.54, 1.807) is 7.11 Å². The van der Waals surface area contributed by atoms with Crippen molar-refractivity contribution >= 4 is 0 Å². The van der Waals surface area contributed by atoms with Crippen LogP contribution in [0.15, 0.2) is 24.3 Å². The number of rotatable bonds is 8. The highest BCUT2D eigenvalue weighted by Crippen LogP contribution is 2.16. The van der Waals surface area contributed by atoms with Crippen molar-refractivity contribution in [3.05, 3.63) is 29.8 Å². The molecule has 0 bridgehead atoms. The maximum Gasteiger partial charge on any atom is 0.119 e. The zero-order valence-electron chi connectivity index (χ0n) is 12.2. The first kappa shape index (κ1) is 15.0. The molecule has 2 nitrogen and oxygen atoms in total. The first-order valence-corrected chi connectivity index (χ1v) is 6.96. The third-order valence-corrected chi connectivity index (χ3v) is 3.36. The zero-order chi connectivity index (χ0) is 13.4. The monoisotopic (exact) mass is 249 g/mol. The van der Waals surface area contributed by atoms with Crippen LogP contribution < -0.4 is 10.1 Å². The minimum atomic E-state index is 0.566. The van der Waals surface area contributed by atoms with E-state index in [2.05, 4.69) is 44.4 Å². The van der Waals surface area contributed by atoms with E-state index in [4.69, 9.17) is 4.74 Å². The fraction of sp³-hybridized carbons (Fsp3) is 0.625. The van der Waals surface area contributed by atoms with E-state index < -0.39 is 0 Å². The van der Waals surface area contributed by atoms with Gasteiger partial charge in [0.1, 0.15) is 5.75 Å². The lowest BCUT2D eigenvalue weighted by atomic mass is 9.98. The van der Waals surface area contributed by atoms with Gasteiger partial charge >= 0.3 is 0 Å². The Bertz CT molecular complexity index is 336. The van der Waals surface area contributed by atoms with Crippen LogP contribution in [0.5, 0.6) is 5.75 Å². The fourth-order valence-electron chi connectivity index (χ4n) is 2.20. The van der Waals surface area contributed by atoms with Gasteiger partial charge in [-0.25, -0.2) is 0 Å². The van der Waals surface area contributed by atoms with Crippen molar-refractivity contribution < 1.29 is 4.74 Å². The van der Waals surface area contributed by atoms with Crippen molar-refractivity contribution in [2.24, 2.45) is 5.92 Å². The molecule has 1 unspecified atom stereocenters. The minimum absolute atomic E-state index is 0.566. The molecule has 1 atom stereocenters. The molecule has 102 valence electrons. The van der Waals surface area contributed by atoms with Gasteiger partial charge in [0.2, 0.25) is 0 Å². The average molecular weight is 249 g/mol. The van der Waals surface area contributed by atoms with Gasteiger partial charge in [0.05, 0.1) is 7.11 Å². The average Bonchev–Trinajstić information content (AvgIpc) is 2.37. The highest BCUT2D eigenvalue weighted by molar-refractivity contribution is 5.28. The number of hydrogen-bond donors (Lipinski definition) is 1. The predicted octanol–water partition coefficient (Wildman–Crippen LogP) is 3.65. The Morgan fingerprint density at radius 2 is 2.00 bits per heavy atom. The molecule has 0 aliphatic carbocycles. The van der Waals surface area contributed by atoms with Gasteiger partial charge in [-0.15, -0.1) is 0 Å². The lowest BCUT2D eigenvalue weighted by molar-refractivity contribution is 0.413. The summed E-state index contributed by atoms with van der Waals surface area (Å²) in [5, 5.41) is 3.42. The lowest BCUT2D eigenvalue weighted by Crippen LogP contribution is -2.27. The van der Waals surface area contributed by atoms with E-state index >= 15 is 0 Å². The highest BCUT2D eigenvalue weighted by Gasteiger charge is 2.08. The largest absolute Gasteiger partial charge is 0.497 e. The molecule has 1 rings (SSSR count). The Balaban J connectivity index is 2.46. The minimum Gasteiger partial charge on any atom is -0.497 e. The second kappa shape index (κ2) is 8.15. The van der Waals surface area contributed by atoms with E-state index in [9.17, 15) is 0 Å². The Morgan fingerprint density at radius 1 is 1.22 bits per heavy atom. The van der Waals surface area contributed by atoms with Crippen molar-refractivity contribution in [1.29, 1.82) is 0 Å². The molecule has 0 amide bonds. The summed E-state index contributed by atoms with van der Waals surface area (Å²) in [4.78, 5) is 0. The fourth-order valence-corrected chi connectivity index (χ4v) is 2.20. The maximum absolute atomic E-state index is 5.26. The van der Waals surface area contributed by atoms with Gasteiger partial charge in [-0.2, -0.15) is 0 Å². The van der Waals surface area contributed by atoms with Gasteiger partial charge in [-0.05, 0) is 43.5 Å². The number of hydrogen-bond acceptors (Lipinski definition) is 2. The number of nitrogens with one attached hydrogen (secondary N) is 1. The molecule has 0 aliphatic heterocycles. The van der Waals surface area contributed by atoms with Crippen LogP contribution in [0.25, 0.3) is 0 Å². The molecule has 1 N–H and O–H groups in total. The van der Waals surface area contributed by atoms with E-state index in [-0.39, 0.29) is 0 Å². The predicted molar refractivity (Wildman–Crippen MR) is 78.2 cm³/mol. The van der Waals surface area contributed by atoms with E-state index in [0.29, 0.717) is 6.04 Å². The van der Waals surface area contributed by atoms with Crippen molar-refractivity contribution in [2.45, 2.75) is 45.6 Å². The molecule has 0 saturated heterocycles. The second-order valence-electron chi connectivity index (χ2n) is 5.37. The summed E-state index contributed by atoms with van der Waals surface area (Å²) in [6, 6.07) is 8.93. The number of benzene rings is 1. The lowest BCUT2D eigenvalue weighted by Gasteiger charge is -2.17. The van der Waals surface area contributed by atoms with E-state index in [1.165, 1.54) is 24.8 Å². The summed E-state index contributed by atoms with van der Waals surface area (Å²) >= 11 is 0. The van der Waals surface area contributed by atoms with Gasteiger partial charge in [0.25, 0.3) is 0 Å². The first-order valence-electron chi connectivity index (χ1n) is 6.96. The highest BCUT2D eigenvalue weighted by atomic mass is 16.5. The molecule has 0 saturated carbocycles. The van der Waals surface area contributed by atoms with Gasteiger partial charge < -0.3 is 10.1 Å². The van der Waals surface area contributed by atoms with Crippen LogP contribution in [0.2, 0.25) is 0 Å². The second-order valence-corrected chi connectivity index (χ2v) is 5.37. The summed E-state index contributed by atoms with van der Waals surface area (Å²) in [5.41, 5.74) is 1.35. The van der Waals surface area contributed by atoms with Crippen molar-refractivity contribution in [2.75, 3.05) is 14.2 Å². The Morgan fingerprint density at radius 3 is 2.61 bits per heavy atom. The van der Waals surface area contributed by atoms with Crippen molar-refractivity contribution in [3.8, 4) is 5.75 Å². The molecule has 2 heteroatoms. The van der Waals surface area contributed by atoms with Gasteiger partial charge in [0.15, 0.2) is 0 Å². The molecule has 0 spiro atoms. The van der Waals surface area contributed by atoms with Crippen LogP contribution in [0, 0.1) is 5.92 Å². The smallest absolute Gasteiger partial charge is 0.119 e. The number of likely N-dealkylation sites (N-methyl/N-ethyl adjacent to an activating group) is 1. The van der Waals surface area contributed by atoms with Crippen LogP contribution >= 0.6 is 0 Å². The Hall–Kier alpha value is -1.02. The summed E-state index contributed by atoms with van der Waals surface area (Å²) in [6.45, 7) is 4.58. The summed E-state index contributed by atoms with van der Waals surface area (Å²) < 4.78 is 5.26. The zero-order valence-corrected chi connectivity index (χ0v) is 12.2. The SMILES string of the molecule is CNC(CCCC(C)C)Cc1cccc(OC)c1. The van der Waals surface area contributed by atoms with Crippen LogP contribution in [0.4, 0.5) is 0 Å². The summed E-state index contributed by atoms with van der Waals surface area (Å²) in [6.07, 6.45) is 4.93. The molecular formula is C16H27NO. The molecule has 1 aromatic carbocycles. The van der Waals surface area contributed by atoms with E-state index in [0.717, 1.165) is 18.1 Å². The van der Waals surface area contributed by atoms with Crippen LogP contribution in [0.1, 0.15) is 38.7 Å². The molecule has 0 radical (unpaired) electrons. The summed E-state index contributed by atoms with van der Waals surface area (Å²) in [7, 11) is 3.78. The number of ether oxygens (including phenoxy) is 1. The normalized spacial score (nSPS) is 12.7. The molecule has 0 aromatic heterocycles. The summed E-state index contributed by atoms with van der Waals surface area (Å²) in [5.74, 6) is 1.75. The van der Waals surface area contributed by atoms with Gasteiger partial charge in [-0.1, -0.05) is 38.8 Å². The molecule has 18 heavy (non-hydrogen) atoms. The standard InChI is InChI=1S/C16H27NO/c1-13(2)7-5-9-15(17-3)11-14-8-6-10-16(12-14)18-4/h6,8,10,12-13,15,17H,5,7,9,11H2,1-4H3. The molecule has 0 fully saturated rings. The van der Waals surface area contributed by atoms with Crippen LogP contribution in [-0.2, 0) is 6.42 Å². The third kappa shape index (κ3) is 5.54. The molecule has 1 aromatic rings.